The first-order chi connectivity index (χ1) is 9.20. The standard InChI is InChI=1S/C15H19N3O/c1-3-4-5-8-11(2)16-15-17-13-10-7-6-9-12(13)14(19)18-15/h3,6-7,9-11H,1,4-5,8H2,2H3,(H2,16,17,18,19). The van der Waals surface area contributed by atoms with Crippen molar-refractivity contribution in [3.05, 3.63) is 47.3 Å². The Morgan fingerprint density at radius 1 is 1.47 bits per heavy atom. The van der Waals surface area contributed by atoms with Gasteiger partial charge in [-0.25, -0.2) is 4.98 Å². The van der Waals surface area contributed by atoms with E-state index in [9.17, 15) is 4.79 Å². The number of aromatic amines is 1. The molecule has 0 spiro atoms. The van der Waals surface area contributed by atoms with Crippen LogP contribution in [0, 0.1) is 0 Å². The fourth-order valence-electron chi connectivity index (χ4n) is 2.03. The van der Waals surface area contributed by atoms with E-state index >= 15 is 0 Å². The molecule has 1 aromatic heterocycles. The molecule has 0 bridgehead atoms. The number of fused-ring (bicyclic) bond motifs is 1. The Morgan fingerprint density at radius 2 is 2.26 bits per heavy atom. The van der Waals surface area contributed by atoms with E-state index in [-0.39, 0.29) is 11.6 Å². The molecule has 1 heterocycles. The third-order valence-corrected chi connectivity index (χ3v) is 3.04. The van der Waals surface area contributed by atoms with Crippen molar-refractivity contribution in [2.75, 3.05) is 5.32 Å². The molecular formula is C15H19N3O. The number of nitrogens with one attached hydrogen (secondary N) is 2. The summed E-state index contributed by atoms with van der Waals surface area (Å²) >= 11 is 0. The maximum absolute atomic E-state index is 11.9. The molecule has 0 saturated heterocycles. The molecular weight excluding hydrogens is 238 g/mol. The van der Waals surface area contributed by atoms with Gasteiger partial charge < -0.3 is 5.32 Å². The van der Waals surface area contributed by atoms with Crippen LogP contribution in [0.1, 0.15) is 26.2 Å². The first-order valence-electron chi connectivity index (χ1n) is 6.57. The smallest absolute Gasteiger partial charge is 0.260 e. The monoisotopic (exact) mass is 257 g/mol. The van der Waals surface area contributed by atoms with Crippen molar-refractivity contribution in [3.63, 3.8) is 0 Å². The highest BCUT2D eigenvalue weighted by atomic mass is 16.1. The summed E-state index contributed by atoms with van der Waals surface area (Å²) in [5, 5.41) is 3.85. The van der Waals surface area contributed by atoms with Crippen molar-refractivity contribution in [1.82, 2.24) is 9.97 Å². The van der Waals surface area contributed by atoms with Gasteiger partial charge in [-0.05, 0) is 38.3 Å². The van der Waals surface area contributed by atoms with Gasteiger partial charge in [0.05, 0.1) is 10.9 Å². The van der Waals surface area contributed by atoms with Gasteiger partial charge in [-0.1, -0.05) is 18.2 Å². The molecule has 4 heteroatoms. The van der Waals surface area contributed by atoms with Crippen LogP contribution in [0.15, 0.2) is 41.7 Å². The summed E-state index contributed by atoms with van der Waals surface area (Å²) in [4.78, 5) is 19.1. The highest BCUT2D eigenvalue weighted by molar-refractivity contribution is 5.78. The number of hydrogen-bond donors (Lipinski definition) is 2. The van der Waals surface area contributed by atoms with E-state index in [2.05, 4.69) is 28.8 Å². The van der Waals surface area contributed by atoms with Crippen molar-refractivity contribution in [2.24, 2.45) is 0 Å². The fourth-order valence-corrected chi connectivity index (χ4v) is 2.03. The van der Waals surface area contributed by atoms with Crippen LogP contribution in [0.2, 0.25) is 0 Å². The van der Waals surface area contributed by atoms with E-state index in [4.69, 9.17) is 0 Å². The van der Waals surface area contributed by atoms with Crippen molar-refractivity contribution in [1.29, 1.82) is 0 Å². The molecule has 0 aliphatic rings. The number of rotatable bonds is 6. The largest absolute Gasteiger partial charge is 0.353 e. The molecule has 0 radical (unpaired) electrons. The number of H-pyrrole nitrogens is 1. The fraction of sp³-hybridized carbons (Fsp3) is 0.333. The summed E-state index contributed by atoms with van der Waals surface area (Å²) in [5.74, 6) is 0.537. The molecule has 2 N–H and O–H groups in total. The summed E-state index contributed by atoms with van der Waals surface area (Å²) in [5.41, 5.74) is 0.610. The normalized spacial score (nSPS) is 12.3. The molecule has 0 aliphatic carbocycles. The van der Waals surface area contributed by atoms with Crippen molar-refractivity contribution in [3.8, 4) is 0 Å². The van der Waals surface area contributed by atoms with E-state index in [1.807, 2.05) is 24.3 Å². The van der Waals surface area contributed by atoms with Gasteiger partial charge in [0.15, 0.2) is 0 Å². The molecule has 2 aromatic rings. The number of nitrogens with zero attached hydrogens (tertiary/aromatic N) is 1. The maximum atomic E-state index is 11.9. The molecule has 19 heavy (non-hydrogen) atoms. The second kappa shape index (κ2) is 6.18. The minimum atomic E-state index is -0.105. The Morgan fingerprint density at radius 3 is 3.05 bits per heavy atom. The number of para-hydroxylation sites is 1. The summed E-state index contributed by atoms with van der Waals surface area (Å²) in [6, 6.07) is 7.61. The summed E-state index contributed by atoms with van der Waals surface area (Å²) in [6.45, 7) is 5.79. The quantitative estimate of drug-likeness (QED) is 0.617. The minimum absolute atomic E-state index is 0.105. The zero-order valence-corrected chi connectivity index (χ0v) is 11.1. The average Bonchev–Trinajstić information content (AvgIpc) is 2.39. The number of hydrogen-bond acceptors (Lipinski definition) is 3. The molecule has 0 aliphatic heterocycles. The molecule has 4 nitrogen and oxygen atoms in total. The molecule has 100 valence electrons. The molecule has 0 saturated carbocycles. The molecule has 1 aromatic carbocycles. The van der Waals surface area contributed by atoms with Gasteiger partial charge in [0, 0.05) is 6.04 Å². The van der Waals surface area contributed by atoms with Crippen molar-refractivity contribution >= 4 is 16.9 Å². The molecule has 0 amide bonds. The summed E-state index contributed by atoms with van der Waals surface area (Å²) in [6.07, 6.45) is 5.02. The highest BCUT2D eigenvalue weighted by Crippen LogP contribution is 2.10. The Kier molecular flexibility index (Phi) is 4.34. The second-order valence-corrected chi connectivity index (χ2v) is 4.70. The van der Waals surface area contributed by atoms with Crippen LogP contribution in [-0.2, 0) is 0 Å². The first kappa shape index (κ1) is 13.3. The zero-order valence-electron chi connectivity index (χ0n) is 11.1. The Hall–Kier alpha value is -2.10. The highest BCUT2D eigenvalue weighted by Gasteiger charge is 2.06. The lowest BCUT2D eigenvalue weighted by atomic mass is 10.1. The van der Waals surface area contributed by atoms with Gasteiger partial charge in [-0.2, -0.15) is 0 Å². The third kappa shape index (κ3) is 3.44. The van der Waals surface area contributed by atoms with Crippen LogP contribution in [0.3, 0.4) is 0 Å². The number of unbranched alkanes of at least 4 members (excludes halogenated alkanes) is 1. The second-order valence-electron chi connectivity index (χ2n) is 4.70. The molecule has 1 atom stereocenters. The number of aromatic nitrogens is 2. The lowest BCUT2D eigenvalue weighted by Gasteiger charge is -2.13. The average molecular weight is 257 g/mol. The van der Waals surface area contributed by atoms with E-state index in [0.29, 0.717) is 16.9 Å². The van der Waals surface area contributed by atoms with Gasteiger partial charge in [0.25, 0.3) is 5.56 Å². The number of anilines is 1. The summed E-state index contributed by atoms with van der Waals surface area (Å²) < 4.78 is 0. The molecule has 2 rings (SSSR count). The van der Waals surface area contributed by atoms with Crippen molar-refractivity contribution < 1.29 is 0 Å². The molecule has 1 unspecified atom stereocenters. The van der Waals surface area contributed by atoms with Crippen molar-refractivity contribution in [2.45, 2.75) is 32.2 Å². The Bertz CT molecular complexity index is 618. The lowest BCUT2D eigenvalue weighted by Crippen LogP contribution is -2.20. The van der Waals surface area contributed by atoms with Crippen LogP contribution >= 0.6 is 0 Å². The van der Waals surface area contributed by atoms with Crippen LogP contribution in [0.4, 0.5) is 5.95 Å². The summed E-state index contributed by atoms with van der Waals surface area (Å²) in [7, 11) is 0. The van der Waals surface area contributed by atoms with Gasteiger partial charge >= 0.3 is 0 Å². The van der Waals surface area contributed by atoms with Gasteiger partial charge in [-0.15, -0.1) is 6.58 Å². The van der Waals surface area contributed by atoms with E-state index in [0.717, 1.165) is 19.3 Å². The SMILES string of the molecule is C=CCCCC(C)Nc1nc2ccccc2c(=O)[nH]1. The van der Waals surface area contributed by atoms with E-state index in [1.165, 1.54) is 0 Å². The minimum Gasteiger partial charge on any atom is -0.353 e. The van der Waals surface area contributed by atoms with Crippen LogP contribution in [0.5, 0.6) is 0 Å². The maximum Gasteiger partial charge on any atom is 0.260 e. The van der Waals surface area contributed by atoms with E-state index < -0.39 is 0 Å². The van der Waals surface area contributed by atoms with Crippen LogP contribution in [-0.4, -0.2) is 16.0 Å². The van der Waals surface area contributed by atoms with Gasteiger partial charge in [-0.3, -0.25) is 9.78 Å². The first-order valence-corrected chi connectivity index (χ1v) is 6.57. The van der Waals surface area contributed by atoms with Crippen LogP contribution in [0.25, 0.3) is 10.9 Å². The van der Waals surface area contributed by atoms with Crippen LogP contribution < -0.4 is 10.9 Å². The predicted octanol–water partition coefficient (Wildman–Crippen LogP) is 3.08. The zero-order chi connectivity index (χ0) is 13.7. The van der Waals surface area contributed by atoms with Gasteiger partial charge in [0.2, 0.25) is 5.95 Å². The molecule has 0 fully saturated rings. The third-order valence-electron chi connectivity index (χ3n) is 3.04. The topological polar surface area (TPSA) is 57.8 Å². The van der Waals surface area contributed by atoms with E-state index in [1.54, 1.807) is 6.07 Å². The van der Waals surface area contributed by atoms with Gasteiger partial charge in [0.1, 0.15) is 0 Å². The Labute approximate surface area is 112 Å². The number of benzene rings is 1. The number of allylic oxidation sites excluding steroid dienone is 1. The lowest BCUT2D eigenvalue weighted by molar-refractivity contribution is 0.658. The Balaban J connectivity index is 2.12. The predicted molar refractivity (Wildman–Crippen MR) is 79.5 cm³/mol.